The second-order valence-electron chi connectivity index (χ2n) is 4.11. The van der Waals surface area contributed by atoms with Crippen LogP contribution in [0.5, 0.6) is 0 Å². The summed E-state index contributed by atoms with van der Waals surface area (Å²) in [7, 11) is 0. The maximum absolute atomic E-state index is 5.99. The first-order valence-electron chi connectivity index (χ1n) is 5.60. The van der Waals surface area contributed by atoms with Crippen molar-refractivity contribution in [3.8, 4) is 0 Å². The molecule has 2 aromatic heterocycles. The number of H-pyrrole nitrogens is 1. The second-order valence-corrected chi connectivity index (χ2v) is 5.17. The molecule has 0 saturated carbocycles. The molecule has 0 aliphatic heterocycles. The summed E-state index contributed by atoms with van der Waals surface area (Å²) < 4.78 is 0. The normalized spacial score (nSPS) is 10.9. The lowest BCUT2D eigenvalue weighted by atomic mass is 10.2. The molecule has 0 spiro atoms. The quantitative estimate of drug-likeness (QED) is 0.631. The number of nitrogens with two attached hydrogens (primary N) is 1. The Labute approximate surface area is 108 Å². The smallest absolute Gasteiger partial charge is 0.0898 e. The van der Waals surface area contributed by atoms with Gasteiger partial charge in [0.25, 0.3) is 0 Å². The number of hydrogen-bond acceptors (Lipinski definition) is 5. The molecular weight excluding hydrogens is 246 g/mol. The van der Waals surface area contributed by atoms with E-state index in [-0.39, 0.29) is 0 Å². The van der Waals surface area contributed by atoms with Crippen LogP contribution >= 0.6 is 11.3 Å². The second kappa shape index (κ2) is 4.30. The number of thiazole rings is 1. The first-order valence-corrected chi connectivity index (χ1v) is 6.48. The largest absolute Gasteiger partial charge is 0.397 e. The molecule has 0 bridgehead atoms. The van der Waals surface area contributed by atoms with E-state index in [9.17, 15) is 0 Å². The van der Waals surface area contributed by atoms with Crippen LogP contribution in [0.2, 0.25) is 0 Å². The monoisotopic (exact) mass is 259 g/mol. The zero-order valence-corrected chi connectivity index (χ0v) is 10.7. The molecule has 0 aliphatic carbocycles. The van der Waals surface area contributed by atoms with Gasteiger partial charge in [-0.1, -0.05) is 0 Å². The number of rotatable bonds is 3. The Morgan fingerprint density at radius 3 is 3.11 bits per heavy atom. The molecule has 4 N–H and O–H groups in total. The molecule has 0 amide bonds. The number of nitrogen functional groups attached to an aromatic ring is 1. The Morgan fingerprint density at radius 2 is 2.33 bits per heavy atom. The number of aryl methyl sites for hydroxylation is 1. The fourth-order valence-corrected chi connectivity index (χ4v) is 2.45. The summed E-state index contributed by atoms with van der Waals surface area (Å²) in [6.45, 7) is 2.67. The van der Waals surface area contributed by atoms with E-state index < -0.39 is 0 Å². The molecule has 3 aromatic rings. The molecule has 18 heavy (non-hydrogen) atoms. The highest BCUT2D eigenvalue weighted by Gasteiger charge is 2.04. The van der Waals surface area contributed by atoms with Crippen LogP contribution in [0.1, 0.15) is 10.7 Å². The SMILES string of the molecule is Cc1nc(CNc2cc3[nH]ncc3cc2N)cs1. The summed E-state index contributed by atoms with van der Waals surface area (Å²) >= 11 is 1.65. The standard InChI is InChI=1S/C12H13N5S/c1-7-16-9(6-18-7)5-14-12-3-11-8(2-10(12)13)4-15-17-11/h2-4,6,14H,5,13H2,1H3,(H,15,17). The number of aromatic nitrogens is 3. The van der Waals surface area contributed by atoms with Crippen LogP contribution in [0.25, 0.3) is 10.9 Å². The van der Waals surface area contributed by atoms with Crippen molar-refractivity contribution in [3.05, 3.63) is 34.4 Å². The molecule has 0 radical (unpaired) electrons. The highest BCUT2D eigenvalue weighted by atomic mass is 32.1. The minimum atomic E-state index is 0.675. The Kier molecular flexibility index (Phi) is 2.64. The number of nitrogens with zero attached hydrogens (tertiary/aromatic N) is 2. The van der Waals surface area contributed by atoms with Gasteiger partial charge in [-0.3, -0.25) is 5.10 Å². The van der Waals surface area contributed by atoms with E-state index in [4.69, 9.17) is 5.73 Å². The molecule has 6 heteroatoms. The van der Waals surface area contributed by atoms with Crippen molar-refractivity contribution in [2.75, 3.05) is 11.1 Å². The summed E-state index contributed by atoms with van der Waals surface area (Å²) in [5, 5.41) is 14.4. The van der Waals surface area contributed by atoms with Crippen molar-refractivity contribution >= 4 is 33.6 Å². The van der Waals surface area contributed by atoms with E-state index in [1.807, 2.05) is 24.4 Å². The van der Waals surface area contributed by atoms with Gasteiger partial charge in [0.15, 0.2) is 0 Å². The molecule has 1 aromatic carbocycles. The molecule has 0 atom stereocenters. The predicted octanol–water partition coefficient (Wildman–Crippen LogP) is 2.52. The van der Waals surface area contributed by atoms with Crippen LogP contribution < -0.4 is 11.1 Å². The minimum absolute atomic E-state index is 0.675. The zero-order chi connectivity index (χ0) is 12.5. The number of aromatic amines is 1. The summed E-state index contributed by atoms with van der Waals surface area (Å²) in [4.78, 5) is 4.40. The van der Waals surface area contributed by atoms with Crippen molar-refractivity contribution in [1.82, 2.24) is 15.2 Å². The molecule has 5 nitrogen and oxygen atoms in total. The van der Waals surface area contributed by atoms with Crippen molar-refractivity contribution in [2.24, 2.45) is 0 Å². The molecule has 92 valence electrons. The lowest BCUT2D eigenvalue weighted by molar-refractivity contribution is 1.06. The van der Waals surface area contributed by atoms with Crippen LogP contribution in [0.4, 0.5) is 11.4 Å². The highest BCUT2D eigenvalue weighted by molar-refractivity contribution is 7.09. The van der Waals surface area contributed by atoms with Crippen LogP contribution in [0.15, 0.2) is 23.7 Å². The zero-order valence-electron chi connectivity index (χ0n) is 9.90. The Bertz CT molecular complexity index is 685. The molecule has 0 saturated heterocycles. The summed E-state index contributed by atoms with van der Waals surface area (Å²) in [6, 6.07) is 3.88. The average Bonchev–Trinajstić information content (AvgIpc) is 2.94. The van der Waals surface area contributed by atoms with E-state index in [0.717, 1.165) is 33.0 Å². The van der Waals surface area contributed by atoms with Crippen LogP contribution in [-0.4, -0.2) is 15.2 Å². The van der Waals surface area contributed by atoms with Crippen LogP contribution in [-0.2, 0) is 6.54 Å². The Morgan fingerprint density at radius 1 is 1.44 bits per heavy atom. The Balaban J connectivity index is 1.83. The maximum atomic E-state index is 5.99. The van der Waals surface area contributed by atoms with Gasteiger partial charge in [0.1, 0.15) is 0 Å². The van der Waals surface area contributed by atoms with E-state index in [0.29, 0.717) is 6.54 Å². The van der Waals surface area contributed by atoms with Crippen molar-refractivity contribution in [1.29, 1.82) is 0 Å². The van der Waals surface area contributed by atoms with E-state index in [2.05, 4.69) is 20.5 Å². The number of anilines is 2. The number of nitrogens with one attached hydrogen (secondary N) is 2. The van der Waals surface area contributed by atoms with E-state index in [1.54, 1.807) is 17.5 Å². The van der Waals surface area contributed by atoms with Crippen molar-refractivity contribution < 1.29 is 0 Å². The van der Waals surface area contributed by atoms with Gasteiger partial charge in [0.05, 0.1) is 40.3 Å². The van der Waals surface area contributed by atoms with Gasteiger partial charge in [-0.15, -0.1) is 11.3 Å². The Hall–Kier alpha value is -2.08. The predicted molar refractivity (Wildman–Crippen MR) is 74.7 cm³/mol. The minimum Gasteiger partial charge on any atom is -0.397 e. The topological polar surface area (TPSA) is 79.6 Å². The molecule has 0 unspecified atom stereocenters. The number of fused-ring (bicyclic) bond motifs is 1. The van der Waals surface area contributed by atoms with Gasteiger partial charge >= 0.3 is 0 Å². The van der Waals surface area contributed by atoms with Crippen molar-refractivity contribution in [2.45, 2.75) is 13.5 Å². The highest BCUT2D eigenvalue weighted by Crippen LogP contribution is 2.25. The molecule has 3 rings (SSSR count). The van der Waals surface area contributed by atoms with Gasteiger partial charge in [0.2, 0.25) is 0 Å². The van der Waals surface area contributed by atoms with E-state index in [1.165, 1.54) is 0 Å². The maximum Gasteiger partial charge on any atom is 0.0898 e. The van der Waals surface area contributed by atoms with Gasteiger partial charge in [-0.2, -0.15) is 5.10 Å². The first-order chi connectivity index (χ1) is 8.72. The lowest BCUT2D eigenvalue weighted by Crippen LogP contribution is -2.02. The fourth-order valence-electron chi connectivity index (χ4n) is 1.84. The van der Waals surface area contributed by atoms with Gasteiger partial charge < -0.3 is 11.1 Å². The summed E-state index contributed by atoms with van der Waals surface area (Å²) in [5.41, 5.74) is 9.61. The first kappa shape index (κ1) is 11.0. The molecule has 0 aliphatic rings. The lowest BCUT2D eigenvalue weighted by Gasteiger charge is -2.08. The van der Waals surface area contributed by atoms with Gasteiger partial charge in [0, 0.05) is 10.8 Å². The van der Waals surface area contributed by atoms with Gasteiger partial charge in [-0.25, -0.2) is 4.98 Å². The van der Waals surface area contributed by atoms with E-state index >= 15 is 0 Å². The third-order valence-electron chi connectivity index (χ3n) is 2.74. The summed E-state index contributed by atoms with van der Waals surface area (Å²) in [5.74, 6) is 0. The van der Waals surface area contributed by atoms with Crippen LogP contribution in [0, 0.1) is 6.92 Å². The van der Waals surface area contributed by atoms with Crippen molar-refractivity contribution in [3.63, 3.8) is 0 Å². The fraction of sp³-hybridized carbons (Fsp3) is 0.167. The number of hydrogen-bond donors (Lipinski definition) is 3. The molecule has 0 fully saturated rings. The summed E-state index contributed by atoms with van der Waals surface area (Å²) in [6.07, 6.45) is 1.76. The number of benzene rings is 1. The molecular formula is C12H13N5S. The average molecular weight is 259 g/mol. The van der Waals surface area contributed by atoms with Gasteiger partial charge in [-0.05, 0) is 19.1 Å². The molecule has 2 heterocycles. The third-order valence-corrected chi connectivity index (χ3v) is 3.56. The van der Waals surface area contributed by atoms with Crippen LogP contribution in [0.3, 0.4) is 0 Å². The third kappa shape index (κ3) is 2.02.